The third kappa shape index (κ3) is 2.96. The molecule has 0 saturated carbocycles. The lowest BCUT2D eigenvalue weighted by Crippen LogP contribution is -2.14. The molecule has 20 heavy (non-hydrogen) atoms. The summed E-state index contributed by atoms with van der Waals surface area (Å²) in [7, 11) is 0. The van der Waals surface area contributed by atoms with Gasteiger partial charge in [-0.2, -0.15) is 0 Å². The zero-order chi connectivity index (χ0) is 14.7. The van der Waals surface area contributed by atoms with E-state index in [0.717, 1.165) is 11.8 Å². The number of halogens is 2. The Labute approximate surface area is 117 Å². The molecule has 0 saturated heterocycles. The minimum absolute atomic E-state index is 0.150. The number of hydrogen-bond donors (Lipinski definition) is 1. The van der Waals surface area contributed by atoms with Gasteiger partial charge in [0.15, 0.2) is 0 Å². The summed E-state index contributed by atoms with van der Waals surface area (Å²) in [6.45, 7) is 3.98. The van der Waals surface area contributed by atoms with Gasteiger partial charge in [-0.05, 0) is 49.2 Å². The molecule has 2 aromatic carbocycles. The minimum Gasteiger partial charge on any atom is -0.494 e. The van der Waals surface area contributed by atoms with Crippen LogP contribution in [-0.4, -0.2) is 6.61 Å². The maximum absolute atomic E-state index is 13.9. The SMILES string of the molecule is CCOc1ccc(C(N)c2cc(F)c(C)cc2F)cc1. The molecule has 0 aliphatic rings. The van der Waals surface area contributed by atoms with Gasteiger partial charge in [-0.15, -0.1) is 0 Å². The van der Waals surface area contributed by atoms with Gasteiger partial charge in [0.25, 0.3) is 0 Å². The summed E-state index contributed by atoms with van der Waals surface area (Å²) in [5.41, 5.74) is 7.14. The second-order valence-electron chi connectivity index (χ2n) is 4.60. The van der Waals surface area contributed by atoms with Crippen LogP contribution in [0.2, 0.25) is 0 Å². The Balaban J connectivity index is 2.31. The van der Waals surface area contributed by atoms with E-state index in [1.54, 1.807) is 24.3 Å². The molecule has 2 aromatic rings. The highest BCUT2D eigenvalue weighted by atomic mass is 19.1. The van der Waals surface area contributed by atoms with E-state index in [-0.39, 0.29) is 11.1 Å². The Bertz CT molecular complexity index is 596. The maximum atomic E-state index is 13.9. The van der Waals surface area contributed by atoms with Gasteiger partial charge in [-0.1, -0.05) is 12.1 Å². The Kier molecular flexibility index (Phi) is 4.35. The first-order chi connectivity index (χ1) is 9.52. The third-order valence-electron chi connectivity index (χ3n) is 3.16. The van der Waals surface area contributed by atoms with Gasteiger partial charge < -0.3 is 10.5 Å². The quantitative estimate of drug-likeness (QED) is 0.924. The van der Waals surface area contributed by atoms with Crippen molar-refractivity contribution in [2.24, 2.45) is 5.73 Å². The van der Waals surface area contributed by atoms with Gasteiger partial charge in [0.2, 0.25) is 0 Å². The summed E-state index contributed by atoms with van der Waals surface area (Å²) in [4.78, 5) is 0. The smallest absolute Gasteiger partial charge is 0.128 e. The highest BCUT2D eigenvalue weighted by Crippen LogP contribution is 2.26. The van der Waals surface area contributed by atoms with Crippen LogP contribution in [0.3, 0.4) is 0 Å². The van der Waals surface area contributed by atoms with Crippen molar-refractivity contribution in [1.29, 1.82) is 0 Å². The van der Waals surface area contributed by atoms with Crippen molar-refractivity contribution in [2.45, 2.75) is 19.9 Å². The van der Waals surface area contributed by atoms with Gasteiger partial charge in [0.05, 0.1) is 12.6 Å². The lowest BCUT2D eigenvalue weighted by molar-refractivity contribution is 0.340. The van der Waals surface area contributed by atoms with E-state index in [1.165, 1.54) is 13.0 Å². The van der Waals surface area contributed by atoms with Crippen molar-refractivity contribution in [1.82, 2.24) is 0 Å². The van der Waals surface area contributed by atoms with Crippen LogP contribution < -0.4 is 10.5 Å². The van der Waals surface area contributed by atoms with Crippen LogP contribution in [-0.2, 0) is 0 Å². The first kappa shape index (κ1) is 14.5. The number of rotatable bonds is 4. The van der Waals surface area contributed by atoms with Crippen LogP contribution in [0, 0.1) is 18.6 Å². The predicted octanol–water partition coefficient (Wildman–Crippen LogP) is 3.72. The number of aryl methyl sites for hydroxylation is 1. The molecule has 0 aliphatic carbocycles. The molecule has 0 radical (unpaired) electrons. The molecule has 0 aliphatic heterocycles. The summed E-state index contributed by atoms with van der Waals surface area (Å²) in [6.07, 6.45) is 0. The summed E-state index contributed by atoms with van der Waals surface area (Å²) >= 11 is 0. The fourth-order valence-electron chi connectivity index (χ4n) is 2.02. The molecule has 2 rings (SSSR count). The van der Waals surface area contributed by atoms with Gasteiger partial charge in [0, 0.05) is 5.56 Å². The second-order valence-corrected chi connectivity index (χ2v) is 4.60. The highest BCUT2D eigenvalue weighted by Gasteiger charge is 2.16. The first-order valence-corrected chi connectivity index (χ1v) is 6.46. The van der Waals surface area contributed by atoms with Crippen molar-refractivity contribution < 1.29 is 13.5 Å². The largest absolute Gasteiger partial charge is 0.494 e. The lowest BCUT2D eigenvalue weighted by atomic mass is 9.98. The molecule has 4 heteroatoms. The van der Waals surface area contributed by atoms with Gasteiger partial charge >= 0.3 is 0 Å². The van der Waals surface area contributed by atoms with Crippen LogP contribution in [0.4, 0.5) is 8.78 Å². The van der Waals surface area contributed by atoms with E-state index >= 15 is 0 Å². The molecule has 0 bridgehead atoms. The summed E-state index contributed by atoms with van der Waals surface area (Å²) in [5.74, 6) is -0.230. The molecular formula is C16H17F2NO. The Morgan fingerprint density at radius 3 is 2.35 bits per heavy atom. The zero-order valence-corrected chi connectivity index (χ0v) is 11.5. The molecule has 106 valence electrons. The van der Waals surface area contributed by atoms with Crippen LogP contribution in [0.15, 0.2) is 36.4 Å². The van der Waals surface area contributed by atoms with Crippen molar-refractivity contribution in [3.05, 3.63) is 64.7 Å². The molecule has 2 N–H and O–H groups in total. The zero-order valence-electron chi connectivity index (χ0n) is 11.5. The number of nitrogens with two attached hydrogens (primary N) is 1. The van der Waals surface area contributed by atoms with Gasteiger partial charge in [-0.3, -0.25) is 0 Å². The van der Waals surface area contributed by atoms with Crippen molar-refractivity contribution in [3.8, 4) is 5.75 Å². The van der Waals surface area contributed by atoms with Gasteiger partial charge in [0.1, 0.15) is 17.4 Å². The Morgan fingerprint density at radius 2 is 1.75 bits per heavy atom. The monoisotopic (exact) mass is 277 g/mol. The molecule has 1 unspecified atom stereocenters. The minimum atomic E-state index is -0.708. The lowest BCUT2D eigenvalue weighted by Gasteiger charge is -2.15. The Morgan fingerprint density at radius 1 is 1.10 bits per heavy atom. The normalized spacial score (nSPS) is 12.2. The molecule has 0 aromatic heterocycles. The molecule has 2 nitrogen and oxygen atoms in total. The van der Waals surface area contributed by atoms with E-state index in [0.29, 0.717) is 12.2 Å². The fourth-order valence-corrected chi connectivity index (χ4v) is 2.02. The first-order valence-electron chi connectivity index (χ1n) is 6.46. The number of hydrogen-bond acceptors (Lipinski definition) is 2. The average Bonchev–Trinajstić information content (AvgIpc) is 2.43. The molecule has 0 heterocycles. The molecule has 1 atom stereocenters. The maximum Gasteiger partial charge on any atom is 0.128 e. The van der Waals surface area contributed by atoms with E-state index in [9.17, 15) is 8.78 Å². The third-order valence-corrected chi connectivity index (χ3v) is 3.16. The summed E-state index contributed by atoms with van der Waals surface area (Å²) < 4.78 is 32.8. The average molecular weight is 277 g/mol. The van der Waals surface area contributed by atoms with Crippen LogP contribution in [0.1, 0.15) is 29.7 Å². The molecular weight excluding hydrogens is 260 g/mol. The molecule has 0 fully saturated rings. The summed E-state index contributed by atoms with van der Waals surface area (Å²) in [5, 5.41) is 0. The van der Waals surface area contributed by atoms with E-state index < -0.39 is 17.7 Å². The van der Waals surface area contributed by atoms with Crippen LogP contribution in [0.25, 0.3) is 0 Å². The highest BCUT2D eigenvalue weighted by molar-refractivity contribution is 5.37. The van der Waals surface area contributed by atoms with E-state index in [1.807, 2.05) is 6.92 Å². The van der Waals surface area contributed by atoms with Crippen LogP contribution in [0.5, 0.6) is 5.75 Å². The Hall–Kier alpha value is -1.94. The summed E-state index contributed by atoms with van der Waals surface area (Å²) in [6, 6.07) is 8.66. The van der Waals surface area contributed by atoms with Gasteiger partial charge in [-0.25, -0.2) is 8.78 Å². The number of benzene rings is 2. The topological polar surface area (TPSA) is 35.2 Å². The van der Waals surface area contributed by atoms with E-state index in [4.69, 9.17) is 10.5 Å². The van der Waals surface area contributed by atoms with Crippen molar-refractivity contribution >= 4 is 0 Å². The van der Waals surface area contributed by atoms with E-state index in [2.05, 4.69) is 0 Å². The van der Waals surface area contributed by atoms with Crippen LogP contribution >= 0.6 is 0 Å². The number of ether oxygens (including phenoxy) is 1. The second kappa shape index (κ2) is 6.01. The van der Waals surface area contributed by atoms with Crippen molar-refractivity contribution in [3.63, 3.8) is 0 Å². The van der Waals surface area contributed by atoms with Crippen molar-refractivity contribution in [2.75, 3.05) is 6.61 Å². The standard InChI is InChI=1S/C16H17F2NO/c1-3-20-12-6-4-11(5-7-12)16(19)13-9-14(17)10(2)8-15(13)18/h4-9,16H,3,19H2,1-2H3. The molecule has 0 spiro atoms. The fraction of sp³-hybridized carbons (Fsp3) is 0.250. The molecule has 0 amide bonds. The predicted molar refractivity (Wildman–Crippen MR) is 74.7 cm³/mol.